The average Bonchev–Trinajstić information content (AvgIpc) is 2.42. The molecule has 0 aromatic rings. The lowest BCUT2D eigenvalue weighted by atomic mass is 10.2. The molecule has 1 amide bonds. The Labute approximate surface area is 115 Å². The number of piperazine rings is 1. The second-order valence-electron chi connectivity index (χ2n) is 4.80. The number of aliphatic hydroxyl groups is 1. The van der Waals surface area contributed by atoms with Crippen molar-refractivity contribution in [3.8, 4) is 0 Å². The summed E-state index contributed by atoms with van der Waals surface area (Å²) < 4.78 is 10.4. The molecule has 0 aliphatic carbocycles. The van der Waals surface area contributed by atoms with E-state index in [9.17, 15) is 4.79 Å². The predicted octanol–water partition coefficient (Wildman–Crippen LogP) is 0.550. The predicted molar refractivity (Wildman–Crippen MR) is 72.2 cm³/mol. The Kier molecular flexibility index (Phi) is 8.53. The Morgan fingerprint density at radius 3 is 2.42 bits per heavy atom. The van der Waals surface area contributed by atoms with Crippen molar-refractivity contribution in [3.63, 3.8) is 0 Å². The normalized spacial score (nSPS) is 16.6. The standard InChI is InChI=1S/C13H26N2O4/c1-14-5-7-15(8-6-14)13(17)19-11-4-2-3-10-18-12-9-16/h16H,2-12H2,1H3. The van der Waals surface area contributed by atoms with Crippen LogP contribution in [0.2, 0.25) is 0 Å². The van der Waals surface area contributed by atoms with Crippen molar-refractivity contribution in [1.82, 2.24) is 9.80 Å². The summed E-state index contributed by atoms with van der Waals surface area (Å²) in [6, 6.07) is 0. The Bertz CT molecular complexity index is 243. The van der Waals surface area contributed by atoms with E-state index in [1.165, 1.54) is 0 Å². The zero-order chi connectivity index (χ0) is 13.9. The fraction of sp³-hybridized carbons (Fsp3) is 0.923. The summed E-state index contributed by atoms with van der Waals surface area (Å²) in [7, 11) is 2.06. The highest BCUT2D eigenvalue weighted by Gasteiger charge is 2.19. The van der Waals surface area contributed by atoms with Crippen LogP contribution in [0.25, 0.3) is 0 Å². The smallest absolute Gasteiger partial charge is 0.409 e. The molecular formula is C13H26N2O4. The number of carbonyl (C=O) groups excluding carboxylic acids is 1. The number of carbonyl (C=O) groups is 1. The van der Waals surface area contributed by atoms with Crippen LogP contribution in [-0.2, 0) is 9.47 Å². The molecule has 0 bridgehead atoms. The lowest BCUT2D eigenvalue weighted by Gasteiger charge is -2.31. The second kappa shape index (κ2) is 10.00. The van der Waals surface area contributed by atoms with Gasteiger partial charge in [0.15, 0.2) is 0 Å². The highest BCUT2D eigenvalue weighted by atomic mass is 16.6. The van der Waals surface area contributed by atoms with Crippen molar-refractivity contribution in [2.75, 3.05) is 59.7 Å². The van der Waals surface area contributed by atoms with Crippen molar-refractivity contribution in [3.05, 3.63) is 0 Å². The number of hydrogen-bond acceptors (Lipinski definition) is 5. The molecule has 19 heavy (non-hydrogen) atoms. The van der Waals surface area contributed by atoms with Gasteiger partial charge in [-0.05, 0) is 26.3 Å². The van der Waals surface area contributed by atoms with Gasteiger partial charge >= 0.3 is 6.09 Å². The molecule has 0 spiro atoms. The first-order valence-corrected chi connectivity index (χ1v) is 7.03. The maximum Gasteiger partial charge on any atom is 0.409 e. The molecule has 0 aromatic carbocycles. The quantitative estimate of drug-likeness (QED) is 0.655. The first kappa shape index (κ1) is 16.2. The van der Waals surface area contributed by atoms with Crippen LogP contribution >= 0.6 is 0 Å². The van der Waals surface area contributed by atoms with E-state index in [-0.39, 0.29) is 12.7 Å². The number of rotatable bonds is 8. The molecule has 1 N–H and O–H groups in total. The van der Waals surface area contributed by atoms with Crippen molar-refractivity contribution in [2.24, 2.45) is 0 Å². The van der Waals surface area contributed by atoms with E-state index in [4.69, 9.17) is 14.6 Å². The largest absolute Gasteiger partial charge is 0.449 e. The number of amides is 1. The van der Waals surface area contributed by atoms with E-state index < -0.39 is 0 Å². The molecule has 1 heterocycles. The van der Waals surface area contributed by atoms with E-state index >= 15 is 0 Å². The molecule has 1 saturated heterocycles. The van der Waals surface area contributed by atoms with Gasteiger partial charge < -0.3 is 24.4 Å². The number of nitrogens with zero attached hydrogens (tertiary/aromatic N) is 2. The summed E-state index contributed by atoms with van der Waals surface area (Å²) in [5.41, 5.74) is 0. The monoisotopic (exact) mass is 274 g/mol. The number of unbranched alkanes of at least 4 members (excludes halogenated alkanes) is 2. The van der Waals surface area contributed by atoms with Gasteiger partial charge in [0.05, 0.1) is 19.8 Å². The van der Waals surface area contributed by atoms with E-state index in [1.807, 2.05) is 0 Å². The summed E-state index contributed by atoms with van der Waals surface area (Å²) in [6.07, 6.45) is 2.58. The minimum absolute atomic E-state index is 0.0721. The summed E-state index contributed by atoms with van der Waals surface area (Å²) in [5, 5.41) is 8.52. The molecule has 0 aromatic heterocycles. The van der Waals surface area contributed by atoms with Crippen LogP contribution in [0.15, 0.2) is 0 Å². The molecule has 0 radical (unpaired) electrons. The van der Waals surface area contributed by atoms with Gasteiger partial charge in [0.1, 0.15) is 0 Å². The third-order valence-corrected chi connectivity index (χ3v) is 3.16. The van der Waals surface area contributed by atoms with Gasteiger partial charge in [-0.2, -0.15) is 0 Å². The summed E-state index contributed by atoms with van der Waals surface area (Å²) in [5.74, 6) is 0. The molecule has 1 aliphatic heterocycles. The summed E-state index contributed by atoms with van der Waals surface area (Å²) in [4.78, 5) is 15.7. The minimum Gasteiger partial charge on any atom is -0.449 e. The zero-order valence-electron chi connectivity index (χ0n) is 11.8. The Hall–Kier alpha value is -0.850. The highest BCUT2D eigenvalue weighted by Crippen LogP contribution is 2.03. The van der Waals surface area contributed by atoms with Gasteiger partial charge in [-0.25, -0.2) is 4.79 Å². The Morgan fingerprint density at radius 2 is 1.74 bits per heavy atom. The van der Waals surface area contributed by atoms with E-state index in [0.717, 1.165) is 45.4 Å². The van der Waals surface area contributed by atoms with Crippen molar-refractivity contribution >= 4 is 6.09 Å². The fourth-order valence-corrected chi connectivity index (χ4v) is 1.89. The second-order valence-corrected chi connectivity index (χ2v) is 4.80. The molecule has 1 aliphatic rings. The molecule has 0 saturated carbocycles. The third kappa shape index (κ3) is 7.34. The van der Waals surface area contributed by atoms with E-state index in [0.29, 0.717) is 19.8 Å². The molecule has 1 fully saturated rings. The van der Waals surface area contributed by atoms with Crippen LogP contribution in [0.5, 0.6) is 0 Å². The van der Waals surface area contributed by atoms with Crippen molar-refractivity contribution < 1.29 is 19.4 Å². The minimum atomic E-state index is -0.190. The van der Waals surface area contributed by atoms with Crippen LogP contribution < -0.4 is 0 Å². The molecule has 0 atom stereocenters. The van der Waals surface area contributed by atoms with Gasteiger partial charge in [-0.1, -0.05) is 0 Å². The van der Waals surface area contributed by atoms with Crippen LogP contribution in [0, 0.1) is 0 Å². The summed E-state index contributed by atoms with van der Waals surface area (Å²) >= 11 is 0. The average molecular weight is 274 g/mol. The van der Waals surface area contributed by atoms with Crippen molar-refractivity contribution in [1.29, 1.82) is 0 Å². The number of ether oxygens (including phenoxy) is 2. The maximum atomic E-state index is 11.7. The number of aliphatic hydroxyl groups excluding tert-OH is 1. The van der Waals surface area contributed by atoms with Gasteiger partial charge in [0.2, 0.25) is 0 Å². The Morgan fingerprint density at radius 1 is 1.05 bits per heavy atom. The van der Waals surface area contributed by atoms with Crippen molar-refractivity contribution in [2.45, 2.75) is 19.3 Å². The lowest BCUT2D eigenvalue weighted by Crippen LogP contribution is -2.47. The van der Waals surface area contributed by atoms with Crippen LogP contribution in [-0.4, -0.2) is 80.7 Å². The molecular weight excluding hydrogens is 248 g/mol. The van der Waals surface area contributed by atoms with Crippen LogP contribution in [0.4, 0.5) is 4.79 Å². The molecule has 6 nitrogen and oxygen atoms in total. The van der Waals surface area contributed by atoms with Gasteiger partial charge in [-0.15, -0.1) is 0 Å². The van der Waals surface area contributed by atoms with Gasteiger partial charge in [-0.3, -0.25) is 0 Å². The van der Waals surface area contributed by atoms with Gasteiger partial charge in [0, 0.05) is 32.8 Å². The first-order valence-electron chi connectivity index (χ1n) is 7.03. The third-order valence-electron chi connectivity index (χ3n) is 3.16. The Balaban J connectivity index is 1.93. The first-order chi connectivity index (χ1) is 9.24. The van der Waals surface area contributed by atoms with Crippen LogP contribution in [0.1, 0.15) is 19.3 Å². The molecule has 6 heteroatoms. The molecule has 0 unspecified atom stereocenters. The van der Waals surface area contributed by atoms with Gasteiger partial charge in [0.25, 0.3) is 0 Å². The molecule has 1 rings (SSSR count). The maximum absolute atomic E-state index is 11.7. The molecule has 112 valence electrons. The van der Waals surface area contributed by atoms with Crippen LogP contribution in [0.3, 0.4) is 0 Å². The fourth-order valence-electron chi connectivity index (χ4n) is 1.89. The van der Waals surface area contributed by atoms with E-state index in [1.54, 1.807) is 4.90 Å². The highest BCUT2D eigenvalue weighted by molar-refractivity contribution is 5.67. The number of likely N-dealkylation sites (N-methyl/N-ethyl adjacent to an activating group) is 1. The topological polar surface area (TPSA) is 62.2 Å². The van der Waals surface area contributed by atoms with E-state index in [2.05, 4.69) is 11.9 Å². The lowest BCUT2D eigenvalue weighted by molar-refractivity contribution is 0.0765. The summed E-state index contributed by atoms with van der Waals surface area (Å²) in [6.45, 7) is 4.95. The number of hydrogen-bond donors (Lipinski definition) is 1. The zero-order valence-corrected chi connectivity index (χ0v) is 11.8. The SMILES string of the molecule is CN1CCN(C(=O)OCCCCCOCCO)CC1.